The predicted molar refractivity (Wildman–Crippen MR) is 152 cm³/mol. The summed E-state index contributed by atoms with van der Waals surface area (Å²) in [4.78, 5) is 43.1. The van der Waals surface area contributed by atoms with E-state index < -0.39 is 68.6 Å². The Bertz CT molecular complexity index is 1430. The fourth-order valence-corrected chi connectivity index (χ4v) is 6.23. The minimum Gasteiger partial charge on any atom is -0.462 e. The number of aliphatic hydroxyl groups excluding tert-OH is 1. The van der Waals surface area contributed by atoms with Gasteiger partial charge < -0.3 is 24.4 Å². The molecule has 0 bridgehead atoms. The molecule has 1 aromatic heterocycles. The number of likely N-dealkylation sites (N-methyl/N-ethyl adjacent to an activating group) is 1. The maximum atomic E-state index is 15.2. The number of carbonyl (C=O) groups excluding carboxylic acids is 2. The SMILES string of the molecule is CC(C)OC(=O)[C@H](C)N[P@@](=O)(OC[C@H]1O[C@@H](n2ccc(NC(=O)[C@@H]3CCCN3C)nc2=O)C(F)(F)[C@@H]1O)Oc1ccccc1. The maximum absolute atomic E-state index is 15.2. The summed E-state index contributed by atoms with van der Waals surface area (Å²) in [5.74, 6) is -5.22. The normalized spacial score (nSPS) is 25.4. The van der Waals surface area contributed by atoms with Crippen LogP contribution in [0.3, 0.4) is 0 Å². The predicted octanol–water partition coefficient (Wildman–Crippen LogP) is 2.30. The van der Waals surface area contributed by atoms with Crippen LogP contribution in [0.4, 0.5) is 14.6 Å². The first kappa shape index (κ1) is 33.6. The van der Waals surface area contributed by atoms with Gasteiger partial charge in [-0.25, -0.2) is 9.36 Å². The van der Waals surface area contributed by atoms with E-state index in [9.17, 15) is 24.1 Å². The molecule has 2 aliphatic heterocycles. The molecule has 3 N–H and O–H groups in total. The number of esters is 1. The van der Waals surface area contributed by atoms with E-state index in [1.54, 1.807) is 39.1 Å². The molecule has 0 spiro atoms. The van der Waals surface area contributed by atoms with E-state index in [1.807, 2.05) is 4.90 Å². The van der Waals surface area contributed by atoms with Crippen molar-refractivity contribution in [1.29, 1.82) is 0 Å². The van der Waals surface area contributed by atoms with E-state index >= 15 is 8.78 Å². The summed E-state index contributed by atoms with van der Waals surface area (Å²) in [5.41, 5.74) is -1.17. The van der Waals surface area contributed by atoms with Crippen LogP contribution >= 0.6 is 7.75 Å². The van der Waals surface area contributed by atoms with E-state index in [0.29, 0.717) is 11.0 Å². The third-order valence-corrected chi connectivity index (χ3v) is 8.61. The maximum Gasteiger partial charge on any atom is 0.459 e. The van der Waals surface area contributed by atoms with E-state index in [-0.39, 0.29) is 17.5 Å². The lowest BCUT2D eigenvalue weighted by Crippen LogP contribution is -2.42. The fraction of sp³-hybridized carbons (Fsp3) is 0.556. The molecular weight excluding hydrogens is 607 g/mol. The number of rotatable bonds is 12. The van der Waals surface area contributed by atoms with Crippen LogP contribution in [-0.2, 0) is 28.2 Å². The van der Waals surface area contributed by atoms with Crippen molar-refractivity contribution in [3.05, 3.63) is 53.1 Å². The first-order valence-electron chi connectivity index (χ1n) is 14.0. The second-order valence-corrected chi connectivity index (χ2v) is 12.5. The number of aliphatic hydroxyl groups is 1. The number of hydrogen-bond donors (Lipinski definition) is 3. The van der Waals surface area contributed by atoms with Gasteiger partial charge in [-0.1, -0.05) is 18.2 Å². The fourth-order valence-electron chi connectivity index (χ4n) is 4.72. The molecule has 2 saturated heterocycles. The van der Waals surface area contributed by atoms with Gasteiger partial charge in [0, 0.05) is 6.20 Å². The Morgan fingerprint density at radius 3 is 2.55 bits per heavy atom. The van der Waals surface area contributed by atoms with Gasteiger partial charge in [0.2, 0.25) is 12.1 Å². The first-order valence-corrected chi connectivity index (χ1v) is 15.5. The highest BCUT2D eigenvalue weighted by Crippen LogP contribution is 2.48. The summed E-state index contributed by atoms with van der Waals surface area (Å²) >= 11 is 0. The number of likely N-dealkylation sites (tertiary alicyclic amines) is 1. The topological polar surface area (TPSA) is 171 Å². The number of hydrogen-bond acceptors (Lipinski definition) is 11. The number of anilines is 1. The second-order valence-electron chi connectivity index (χ2n) is 10.8. The van der Waals surface area contributed by atoms with Crippen molar-refractivity contribution < 1.29 is 46.6 Å². The summed E-state index contributed by atoms with van der Waals surface area (Å²) in [7, 11) is -2.67. The number of carbonyl (C=O) groups is 2. The minimum atomic E-state index is -4.46. The van der Waals surface area contributed by atoms with Crippen LogP contribution in [0.2, 0.25) is 0 Å². The highest BCUT2D eigenvalue weighted by Gasteiger charge is 2.60. The number of para-hydroxylation sites is 1. The molecule has 17 heteroatoms. The molecule has 1 amide bonds. The smallest absolute Gasteiger partial charge is 0.459 e. The summed E-state index contributed by atoms with van der Waals surface area (Å²) in [6.07, 6.45) is -4.64. The van der Waals surface area contributed by atoms with E-state index in [0.717, 1.165) is 25.2 Å². The Labute approximate surface area is 252 Å². The zero-order valence-corrected chi connectivity index (χ0v) is 25.5. The van der Waals surface area contributed by atoms with Crippen molar-refractivity contribution in [1.82, 2.24) is 19.5 Å². The Morgan fingerprint density at radius 1 is 1.23 bits per heavy atom. The molecule has 14 nitrogen and oxygen atoms in total. The number of amides is 1. The Balaban J connectivity index is 1.47. The third-order valence-electron chi connectivity index (χ3n) is 6.97. The van der Waals surface area contributed by atoms with Crippen molar-refractivity contribution >= 4 is 25.4 Å². The molecule has 4 rings (SSSR count). The molecule has 0 radical (unpaired) electrons. The zero-order valence-electron chi connectivity index (χ0n) is 24.6. The second kappa shape index (κ2) is 13.8. The number of halogens is 2. The van der Waals surface area contributed by atoms with Crippen LogP contribution < -0.4 is 20.6 Å². The van der Waals surface area contributed by atoms with E-state index in [2.05, 4.69) is 15.4 Å². The van der Waals surface area contributed by atoms with Crippen LogP contribution in [0.25, 0.3) is 0 Å². The molecule has 2 fully saturated rings. The number of nitrogens with zero attached hydrogens (tertiary/aromatic N) is 3. The first-order chi connectivity index (χ1) is 20.7. The standard InChI is InChI=1S/C27H36F2N5O9P/c1-16(2)41-24(37)17(3)32-44(39,43-18-9-6-5-7-10-18)40-15-20-22(35)27(28,29)25(42-20)34-14-12-21(31-26(34)38)30-23(36)19-11-8-13-33(19)4/h5-7,9-10,12,14,16-17,19-20,22,25,35H,8,11,13,15H2,1-4H3,(H,32,39)(H,30,31,36,38)/t17-,19-,20+,22+,25+,44+/m0/s1. The van der Waals surface area contributed by atoms with Crippen molar-refractivity contribution in [3.8, 4) is 5.75 Å². The summed E-state index contributed by atoms with van der Waals surface area (Å²) < 4.78 is 65.9. The van der Waals surface area contributed by atoms with Gasteiger partial charge in [0.15, 0.2) is 6.10 Å². The molecule has 2 aromatic rings. The molecule has 44 heavy (non-hydrogen) atoms. The molecule has 0 aliphatic carbocycles. The molecule has 6 atom stereocenters. The van der Waals surface area contributed by atoms with Crippen molar-refractivity contribution in [2.75, 3.05) is 25.5 Å². The number of ether oxygens (including phenoxy) is 2. The van der Waals surface area contributed by atoms with Gasteiger partial charge >= 0.3 is 25.3 Å². The molecular formula is C27H36F2N5O9P. The van der Waals surface area contributed by atoms with Crippen molar-refractivity contribution in [2.45, 2.75) is 76.2 Å². The number of nitrogens with one attached hydrogen (secondary N) is 2. The lowest BCUT2D eigenvalue weighted by Gasteiger charge is -2.25. The van der Waals surface area contributed by atoms with Crippen LogP contribution in [0, 0.1) is 0 Å². The van der Waals surface area contributed by atoms with Crippen LogP contribution in [0.15, 0.2) is 47.4 Å². The van der Waals surface area contributed by atoms with E-state index in [4.69, 9.17) is 18.5 Å². The highest BCUT2D eigenvalue weighted by molar-refractivity contribution is 7.52. The van der Waals surface area contributed by atoms with Gasteiger partial charge in [0.1, 0.15) is 23.7 Å². The van der Waals surface area contributed by atoms with Crippen LogP contribution in [-0.4, -0.2) is 88.0 Å². The Kier molecular flexibility index (Phi) is 10.5. The average molecular weight is 644 g/mol. The Hall–Kier alpha value is -3.27. The van der Waals surface area contributed by atoms with Crippen molar-refractivity contribution in [3.63, 3.8) is 0 Å². The van der Waals surface area contributed by atoms with Crippen LogP contribution in [0.1, 0.15) is 39.8 Å². The number of benzene rings is 1. The minimum absolute atomic E-state index is 0.0771. The van der Waals surface area contributed by atoms with Gasteiger partial charge in [0.25, 0.3) is 0 Å². The molecule has 1 aromatic carbocycles. The molecule has 242 valence electrons. The van der Waals surface area contributed by atoms with Gasteiger partial charge in [-0.05, 0) is 65.4 Å². The lowest BCUT2D eigenvalue weighted by atomic mass is 10.1. The number of aromatic nitrogens is 2. The summed E-state index contributed by atoms with van der Waals surface area (Å²) in [6.45, 7) is 4.44. The monoisotopic (exact) mass is 643 g/mol. The zero-order chi connectivity index (χ0) is 32.2. The van der Waals surface area contributed by atoms with Crippen LogP contribution in [0.5, 0.6) is 5.75 Å². The number of alkyl halides is 2. The molecule has 0 saturated carbocycles. The van der Waals surface area contributed by atoms with Gasteiger partial charge in [-0.3, -0.25) is 23.6 Å². The van der Waals surface area contributed by atoms with Crippen molar-refractivity contribution in [2.24, 2.45) is 0 Å². The Morgan fingerprint density at radius 2 is 1.93 bits per heavy atom. The quantitative estimate of drug-likeness (QED) is 0.228. The molecule has 2 aliphatic rings. The summed E-state index contributed by atoms with van der Waals surface area (Å²) in [5, 5.41) is 15.4. The molecule has 3 heterocycles. The molecule has 0 unspecified atom stereocenters. The highest BCUT2D eigenvalue weighted by atomic mass is 31.2. The average Bonchev–Trinajstić information content (AvgIpc) is 3.48. The summed E-state index contributed by atoms with van der Waals surface area (Å²) in [6, 6.07) is 7.31. The van der Waals surface area contributed by atoms with Gasteiger partial charge in [-0.15, -0.1) is 0 Å². The largest absolute Gasteiger partial charge is 0.462 e. The lowest BCUT2D eigenvalue weighted by molar-refractivity contribution is -0.149. The third kappa shape index (κ3) is 7.86. The van der Waals surface area contributed by atoms with Gasteiger partial charge in [-0.2, -0.15) is 18.9 Å². The van der Waals surface area contributed by atoms with Gasteiger partial charge in [0.05, 0.1) is 18.8 Å². The van der Waals surface area contributed by atoms with E-state index in [1.165, 1.54) is 19.1 Å².